The Bertz CT molecular complexity index is 915. The molecule has 1 aliphatic heterocycles. The molecule has 2 aromatic carbocycles. The lowest BCUT2D eigenvalue weighted by Crippen LogP contribution is -3.13. The number of aromatic nitrogens is 1. The molecule has 0 aliphatic carbocycles. The number of thiazole rings is 1. The van der Waals surface area contributed by atoms with Gasteiger partial charge < -0.3 is 5.32 Å². The van der Waals surface area contributed by atoms with E-state index in [1.54, 1.807) is 16.3 Å². The van der Waals surface area contributed by atoms with E-state index in [-0.39, 0.29) is 5.91 Å². The maximum absolute atomic E-state index is 12.9. The van der Waals surface area contributed by atoms with Crippen LogP contribution in [0.15, 0.2) is 66.0 Å². The molecule has 0 saturated heterocycles. The quantitative estimate of drug-likeness (QED) is 0.772. The molecule has 1 aromatic heterocycles. The summed E-state index contributed by atoms with van der Waals surface area (Å²) in [7, 11) is 1.97. The van der Waals surface area contributed by atoms with Gasteiger partial charge in [-0.05, 0) is 24.3 Å². The van der Waals surface area contributed by atoms with Crippen LogP contribution in [0, 0.1) is 0 Å². The summed E-state index contributed by atoms with van der Waals surface area (Å²) in [6.45, 7) is 1.96. The van der Waals surface area contributed by atoms with Crippen molar-refractivity contribution in [2.75, 3.05) is 17.4 Å². The average Bonchev–Trinajstić information content (AvgIpc) is 3.10. The number of benzene rings is 2. The number of rotatable bonds is 3. The zero-order valence-electron chi connectivity index (χ0n) is 13.4. The van der Waals surface area contributed by atoms with Gasteiger partial charge in [-0.25, -0.2) is 4.98 Å². The molecule has 0 fully saturated rings. The lowest BCUT2D eigenvalue weighted by molar-refractivity contribution is -0.836. The zero-order chi connectivity index (χ0) is 16.7. The van der Waals surface area contributed by atoms with E-state index < -0.39 is 0 Å². The zero-order valence-corrected chi connectivity index (χ0v) is 14.2. The first kappa shape index (κ1) is 14.9. The first-order valence-electron chi connectivity index (χ1n) is 7.72. The van der Waals surface area contributed by atoms with Crippen molar-refractivity contribution in [2.24, 2.45) is 0 Å². The molecule has 1 amide bonds. The number of carbonyl (C=O) groups excluding carboxylic acids is 1. The van der Waals surface area contributed by atoms with Gasteiger partial charge in [-0.3, -0.25) is 4.79 Å². The molecule has 2 N–H and O–H groups in total. The van der Waals surface area contributed by atoms with Crippen molar-refractivity contribution < 1.29 is 9.80 Å². The Kier molecular flexibility index (Phi) is 3.55. The molecular weight excluding hydrogens is 320 g/mol. The van der Waals surface area contributed by atoms with E-state index >= 15 is 0 Å². The number of hydrogen-bond donors (Lipinski definition) is 2. The fraction of sp³-hybridized carbons (Fsp3) is 0.111. The van der Waals surface area contributed by atoms with Gasteiger partial charge in [0.25, 0.3) is 0 Å². The molecule has 24 heavy (non-hydrogen) atoms. The van der Waals surface area contributed by atoms with E-state index in [9.17, 15) is 4.79 Å². The number of nitrogens with one attached hydrogen (secondary N) is 2. The van der Waals surface area contributed by atoms with Crippen LogP contribution in [0.25, 0.3) is 10.2 Å². The lowest BCUT2D eigenvalue weighted by Gasteiger charge is -2.20. The summed E-state index contributed by atoms with van der Waals surface area (Å²) in [5, 5.41) is 6.65. The fourth-order valence-electron chi connectivity index (χ4n) is 2.84. The second-order valence-electron chi connectivity index (χ2n) is 5.67. The first-order chi connectivity index (χ1) is 11.6. The van der Waals surface area contributed by atoms with Crippen molar-refractivity contribution in [3.63, 3.8) is 0 Å². The van der Waals surface area contributed by atoms with Crippen molar-refractivity contribution in [2.45, 2.75) is 6.92 Å². The normalized spacial score (nSPS) is 17.8. The molecule has 1 atom stereocenters. The van der Waals surface area contributed by atoms with Crippen LogP contribution in [0.1, 0.15) is 6.92 Å². The highest BCUT2D eigenvalue weighted by Gasteiger charge is 2.39. The molecule has 0 saturated carbocycles. The van der Waals surface area contributed by atoms with Crippen LogP contribution in [-0.4, -0.2) is 17.9 Å². The molecule has 120 valence electrons. The number of nitrogens with zero attached hydrogens (tertiary/aromatic N) is 2. The van der Waals surface area contributed by atoms with Crippen molar-refractivity contribution in [3.05, 3.63) is 66.0 Å². The maximum atomic E-state index is 12.9. The smallest absolute Gasteiger partial charge is 0.322 e. The van der Waals surface area contributed by atoms with Gasteiger partial charge >= 0.3 is 5.91 Å². The largest absolute Gasteiger partial charge is 0.326 e. The van der Waals surface area contributed by atoms with Crippen LogP contribution in [0.4, 0.5) is 10.8 Å². The number of allylic oxidation sites excluding steroid dienone is 1. The molecule has 0 spiro atoms. The number of amides is 1. The van der Waals surface area contributed by atoms with Crippen LogP contribution < -0.4 is 15.3 Å². The van der Waals surface area contributed by atoms with E-state index in [0.29, 0.717) is 5.70 Å². The number of anilines is 2. The third-order valence-electron chi connectivity index (χ3n) is 4.21. The van der Waals surface area contributed by atoms with Gasteiger partial charge in [-0.15, -0.1) is 5.01 Å². The summed E-state index contributed by atoms with van der Waals surface area (Å²) in [6, 6.07) is 17.7. The van der Waals surface area contributed by atoms with E-state index in [1.807, 2.05) is 68.6 Å². The number of para-hydroxylation sites is 2. The highest BCUT2D eigenvalue weighted by molar-refractivity contribution is 7.22. The van der Waals surface area contributed by atoms with Crippen LogP contribution >= 0.6 is 11.3 Å². The van der Waals surface area contributed by atoms with Crippen LogP contribution in [0.2, 0.25) is 0 Å². The Hall–Kier alpha value is -2.70. The summed E-state index contributed by atoms with van der Waals surface area (Å²) in [4.78, 5) is 17.5. The van der Waals surface area contributed by atoms with Gasteiger partial charge in [-0.1, -0.05) is 41.7 Å². The molecule has 1 aliphatic rings. The van der Waals surface area contributed by atoms with Crippen LogP contribution in [0.5, 0.6) is 0 Å². The molecule has 0 radical (unpaired) electrons. The Morgan fingerprint density at radius 1 is 1.08 bits per heavy atom. The highest BCUT2D eigenvalue weighted by Crippen LogP contribution is 2.28. The standard InChI is InChI=1S/C18H16N4OS/c1-12-16(20-18-19-14-10-6-7-11-15(14)24-18)17(23)22(21(12)2)13-8-4-3-5-9-13/h3-11H,1-2H3,(H,19,20)/p+1. The highest BCUT2D eigenvalue weighted by atomic mass is 32.1. The summed E-state index contributed by atoms with van der Waals surface area (Å²) >= 11 is 1.55. The monoisotopic (exact) mass is 337 g/mol. The summed E-state index contributed by atoms with van der Waals surface area (Å²) < 4.78 is 1.10. The van der Waals surface area contributed by atoms with Crippen molar-refractivity contribution in [1.82, 2.24) is 4.98 Å². The number of fused-ring (bicyclic) bond motifs is 1. The molecule has 4 rings (SSSR count). The second kappa shape index (κ2) is 5.74. The van der Waals surface area contributed by atoms with E-state index in [4.69, 9.17) is 0 Å². The van der Waals surface area contributed by atoms with Gasteiger partial charge in [-0.2, -0.15) is 5.01 Å². The summed E-state index contributed by atoms with van der Waals surface area (Å²) in [5.74, 6) is -0.0459. The maximum Gasteiger partial charge on any atom is 0.326 e. The molecule has 3 aromatic rings. The number of hydrogen-bond acceptors (Lipinski definition) is 4. The molecular formula is C18H17N4OS+. The van der Waals surface area contributed by atoms with Crippen molar-refractivity contribution >= 4 is 38.3 Å². The van der Waals surface area contributed by atoms with E-state index in [0.717, 1.165) is 31.7 Å². The van der Waals surface area contributed by atoms with Gasteiger partial charge in [0.05, 0.1) is 23.0 Å². The van der Waals surface area contributed by atoms with E-state index in [2.05, 4.69) is 10.3 Å². The molecule has 2 heterocycles. The van der Waals surface area contributed by atoms with E-state index in [1.165, 1.54) is 0 Å². The molecule has 5 nitrogen and oxygen atoms in total. The predicted molar refractivity (Wildman–Crippen MR) is 96.8 cm³/mol. The van der Waals surface area contributed by atoms with Crippen molar-refractivity contribution in [3.8, 4) is 0 Å². The third-order valence-corrected chi connectivity index (χ3v) is 5.16. The molecule has 0 bridgehead atoms. The summed E-state index contributed by atoms with van der Waals surface area (Å²) in [6.07, 6.45) is 0. The third kappa shape index (κ3) is 2.36. The van der Waals surface area contributed by atoms with Gasteiger partial charge in [0.2, 0.25) is 0 Å². The Labute approximate surface area is 143 Å². The Morgan fingerprint density at radius 3 is 2.54 bits per heavy atom. The fourth-order valence-corrected chi connectivity index (χ4v) is 3.71. The second-order valence-corrected chi connectivity index (χ2v) is 6.70. The number of carbonyl (C=O) groups is 1. The van der Waals surface area contributed by atoms with Crippen molar-refractivity contribution in [1.29, 1.82) is 0 Å². The summed E-state index contributed by atoms with van der Waals surface area (Å²) in [5.41, 5.74) is 3.35. The minimum Gasteiger partial charge on any atom is -0.322 e. The molecule has 1 unspecified atom stereocenters. The Morgan fingerprint density at radius 2 is 1.79 bits per heavy atom. The van der Waals surface area contributed by atoms with Gasteiger partial charge in [0.1, 0.15) is 0 Å². The molecule has 6 heteroatoms. The van der Waals surface area contributed by atoms with Crippen LogP contribution in [-0.2, 0) is 4.79 Å². The lowest BCUT2D eigenvalue weighted by atomic mass is 10.3. The minimum atomic E-state index is -0.0459. The average molecular weight is 337 g/mol. The number of quaternary nitrogens is 1. The first-order valence-corrected chi connectivity index (χ1v) is 8.53. The van der Waals surface area contributed by atoms with Gasteiger partial charge in [0, 0.05) is 6.92 Å². The van der Waals surface area contributed by atoms with Gasteiger partial charge in [0.15, 0.2) is 16.5 Å². The van der Waals surface area contributed by atoms with Crippen LogP contribution in [0.3, 0.4) is 0 Å². The minimum absolute atomic E-state index is 0.0459. The predicted octanol–water partition coefficient (Wildman–Crippen LogP) is 2.42. The topological polar surface area (TPSA) is 49.7 Å². The SMILES string of the molecule is CC1=C(Nc2nc3ccccc3s2)C(=O)N(c2ccccc2)[NH+]1C. The Balaban J connectivity index is 1.66.